The third-order valence-electron chi connectivity index (χ3n) is 5.24. The number of carboxylic acid groups (broad SMARTS) is 1. The van der Waals surface area contributed by atoms with E-state index in [4.69, 9.17) is 4.98 Å². The maximum Gasteiger partial charge on any atom is 1.00 e. The van der Waals surface area contributed by atoms with Gasteiger partial charge in [-0.05, 0) is 47.6 Å². The second-order valence-electron chi connectivity index (χ2n) is 8.34. The molecule has 10 heteroatoms. The van der Waals surface area contributed by atoms with E-state index in [0.717, 1.165) is 16.9 Å². The van der Waals surface area contributed by atoms with Crippen molar-refractivity contribution in [2.75, 3.05) is 6.16 Å². The Morgan fingerprint density at radius 2 is 1.69 bits per heavy atom. The number of pyridine rings is 1. The zero-order valence-corrected chi connectivity index (χ0v) is 21.7. The number of halogens is 1. The van der Waals surface area contributed by atoms with E-state index in [1.807, 2.05) is 50.2 Å². The van der Waals surface area contributed by atoms with Crippen molar-refractivity contribution in [2.24, 2.45) is 0 Å². The minimum atomic E-state index is -4.27. The molecule has 0 aliphatic heterocycles. The van der Waals surface area contributed by atoms with Crippen molar-refractivity contribution in [1.82, 2.24) is 4.98 Å². The molecule has 3 rings (SSSR count). The van der Waals surface area contributed by atoms with E-state index < -0.39 is 37.8 Å². The van der Waals surface area contributed by atoms with E-state index in [-0.39, 0.29) is 43.6 Å². The molecular weight excluding hydrogens is 470 g/mol. The smallest absolute Gasteiger partial charge is 0.796 e. The quantitative estimate of drug-likeness (QED) is 0.266. The standard InChI is InChI=1S/C26H27FNO5P.2Li/c1-17(2)23-15-24(18-6-4-3-5-7-18)28-26(19-8-10-20(27)11-9-19)22(23)12-13-34(32,33)16-21(29)14-25(30)31;;/h3-13,15,17,21,29H,14,16H2,1-2H3,(H,30,31)(H,32,33);;/q;2*+1/p-2/b13-12+;;/t21-;;/m1../s1. The van der Waals surface area contributed by atoms with Crippen molar-refractivity contribution < 1.29 is 66.6 Å². The first-order chi connectivity index (χ1) is 16.1. The van der Waals surface area contributed by atoms with Gasteiger partial charge < -0.3 is 24.5 Å². The molecule has 1 N–H and O–H groups in total. The van der Waals surface area contributed by atoms with Gasteiger partial charge in [0.2, 0.25) is 0 Å². The SMILES string of the molecule is CC(C)c1cc(-c2ccccc2)nc(-c2ccc(F)cc2)c1/C=C/P(=O)([O-])C[C@H](O)CC(=O)[O-].[Li+].[Li+]. The number of aliphatic hydroxyl groups excluding tert-OH is 1. The van der Waals surface area contributed by atoms with Crippen LogP contribution in [0.15, 0.2) is 66.5 Å². The Morgan fingerprint density at radius 1 is 1.08 bits per heavy atom. The number of carboxylic acids is 1. The van der Waals surface area contributed by atoms with Gasteiger partial charge in [0.25, 0.3) is 0 Å². The molecule has 2 atom stereocenters. The second-order valence-corrected chi connectivity index (χ2v) is 10.5. The molecule has 0 radical (unpaired) electrons. The zero-order chi connectivity index (χ0) is 24.9. The molecule has 0 bridgehead atoms. The summed E-state index contributed by atoms with van der Waals surface area (Å²) in [5.41, 5.74) is 4.04. The van der Waals surface area contributed by atoms with Crippen LogP contribution in [-0.4, -0.2) is 28.3 Å². The fraction of sp³-hybridized carbons (Fsp3) is 0.231. The van der Waals surface area contributed by atoms with Crippen LogP contribution in [0.4, 0.5) is 4.39 Å². The van der Waals surface area contributed by atoms with Crippen LogP contribution in [0, 0.1) is 5.82 Å². The normalized spacial score (nSPS) is 13.5. The van der Waals surface area contributed by atoms with E-state index in [9.17, 15) is 28.9 Å². The van der Waals surface area contributed by atoms with Gasteiger partial charge in [0.1, 0.15) is 5.82 Å². The molecule has 0 aliphatic rings. The first kappa shape index (κ1) is 32.1. The van der Waals surface area contributed by atoms with Gasteiger partial charge in [-0.15, -0.1) is 0 Å². The fourth-order valence-electron chi connectivity index (χ4n) is 3.61. The molecule has 1 unspecified atom stereocenters. The summed E-state index contributed by atoms with van der Waals surface area (Å²) < 4.78 is 26.1. The van der Waals surface area contributed by atoms with Gasteiger partial charge in [0.05, 0.1) is 17.5 Å². The van der Waals surface area contributed by atoms with Gasteiger partial charge in [0.15, 0.2) is 0 Å². The summed E-state index contributed by atoms with van der Waals surface area (Å²) >= 11 is 0. The maximum atomic E-state index is 13.6. The second kappa shape index (κ2) is 14.1. The minimum Gasteiger partial charge on any atom is -0.796 e. The summed E-state index contributed by atoms with van der Waals surface area (Å²) in [6.45, 7) is 3.94. The van der Waals surface area contributed by atoms with E-state index >= 15 is 0 Å². The fourth-order valence-corrected chi connectivity index (χ4v) is 4.83. The van der Waals surface area contributed by atoms with Crippen molar-refractivity contribution in [3.05, 3.63) is 83.4 Å². The molecule has 2 aromatic carbocycles. The molecule has 0 fully saturated rings. The van der Waals surface area contributed by atoms with Crippen molar-refractivity contribution in [3.8, 4) is 22.5 Å². The number of carbonyl (C=O) groups is 1. The Bertz CT molecular complexity index is 1240. The van der Waals surface area contributed by atoms with Crippen LogP contribution in [0.25, 0.3) is 28.6 Å². The molecule has 0 amide bonds. The molecule has 0 aliphatic carbocycles. The number of nitrogens with zero attached hydrogens (tertiary/aromatic N) is 1. The number of benzene rings is 2. The first-order valence-corrected chi connectivity index (χ1v) is 12.7. The Balaban J connectivity index is 0.00000324. The number of hydrogen-bond donors (Lipinski definition) is 1. The average Bonchev–Trinajstić information content (AvgIpc) is 2.77. The van der Waals surface area contributed by atoms with Gasteiger partial charge >= 0.3 is 37.7 Å². The van der Waals surface area contributed by atoms with Gasteiger partial charge in [-0.25, -0.2) is 9.37 Å². The molecule has 0 saturated heterocycles. The molecule has 1 heterocycles. The Labute approximate surface area is 234 Å². The molecule has 178 valence electrons. The summed E-state index contributed by atoms with van der Waals surface area (Å²) in [6.07, 6.45) is -1.66. The van der Waals surface area contributed by atoms with Crippen LogP contribution < -0.4 is 47.7 Å². The van der Waals surface area contributed by atoms with Crippen LogP contribution in [0.5, 0.6) is 0 Å². The minimum absolute atomic E-state index is 0. The number of rotatable bonds is 9. The monoisotopic (exact) mass is 495 g/mol. The Hall–Kier alpha value is -1.93. The zero-order valence-electron chi connectivity index (χ0n) is 20.8. The molecule has 1 aromatic heterocycles. The van der Waals surface area contributed by atoms with E-state index in [0.29, 0.717) is 22.5 Å². The number of aromatic nitrogens is 1. The third-order valence-corrected chi connectivity index (χ3v) is 6.77. The number of carbonyl (C=O) groups excluding carboxylic acids is 1. The van der Waals surface area contributed by atoms with E-state index in [2.05, 4.69) is 0 Å². The molecular formula is C26H25FLi2NO5P. The first-order valence-electron chi connectivity index (χ1n) is 10.8. The maximum absolute atomic E-state index is 13.6. The molecule has 6 nitrogen and oxygen atoms in total. The van der Waals surface area contributed by atoms with E-state index in [1.54, 1.807) is 12.1 Å². The summed E-state index contributed by atoms with van der Waals surface area (Å²) in [5.74, 6) is -0.962. The Morgan fingerprint density at radius 3 is 2.25 bits per heavy atom. The number of hydrogen-bond acceptors (Lipinski definition) is 6. The largest absolute Gasteiger partial charge is 1.00 e. The van der Waals surface area contributed by atoms with Crippen molar-refractivity contribution in [2.45, 2.75) is 32.3 Å². The van der Waals surface area contributed by atoms with Crippen molar-refractivity contribution in [1.29, 1.82) is 0 Å². The average molecular weight is 495 g/mol. The van der Waals surface area contributed by atoms with Gasteiger partial charge in [0, 0.05) is 42.6 Å². The number of aliphatic carboxylic acids is 1. The molecule has 0 saturated carbocycles. The third kappa shape index (κ3) is 8.88. The summed E-state index contributed by atoms with van der Waals surface area (Å²) in [5, 5.41) is 20.4. The summed E-state index contributed by atoms with van der Waals surface area (Å²) in [6, 6.07) is 17.2. The van der Waals surface area contributed by atoms with Crippen LogP contribution >= 0.6 is 7.37 Å². The predicted molar refractivity (Wildman–Crippen MR) is 126 cm³/mol. The topological polar surface area (TPSA) is 113 Å². The van der Waals surface area contributed by atoms with Crippen LogP contribution in [0.1, 0.15) is 37.3 Å². The van der Waals surface area contributed by atoms with E-state index in [1.165, 1.54) is 18.2 Å². The molecule has 3 aromatic rings. The predicted octanol–water partition coefficient (Wildman–Crippen LogP) is -2.20. The van der Waals surface area contributed by atoms with Crippen molar-refractivity contribution >= 4 is 19.4 Å². The van der Waals surface area contributed by atoms with Gasteiger partial charge in [-0.2, -0.15) is 0 Å². The van der Waals surface area contributed by atoms with Crippen LogP contribution in [-0.2, 0) is 9.36 Å². The Kier molecular flexibility index (Phi) is 12.6. The van der Waals surface area contributed by atoms with Gasteiger partial charge in [-0.3, -0.25) is 0 Å². The molecule has 36 heavy (non-hydrogen) atoms. The molecule has 0 spiro atoms. The van der Waals surface area contributed by atoms with Crippen LogP contribution in [0.2, 0.25) is 0 Å². The van der Waals surface area contributed by atoms with Gasteiger partial charge in [-0.1, -0.05) is 50.3 Å². The number of aliphatic hydroxyl groups is 1. The van der Waals surface area contributed by atoms with Crippen molar-refractivity contribution in [3.63, 3.8) is 0 Å². The summed E-state index contributed by atoms with van der Waals surface area (Å²) in [7, 11) is -4.27. The summed E-state index contributed by atoms with van der Waals surface area (Å²) in [4.78, 5) is 28.0. The van der Waals surface area contributed by atoms with Crippen LogP contribution in [0.3, 0.4) is 0 Å².